The van der Waals surface area contributed by atoms with Gasteiger partial charge in [0.25, 0.3) is 0 Å². The molecule has 0 N–H and O–H groups in total. The van der Waals surface area contributed by atoms with Crippen LogP contribution in [0.15, 0.2) is 42.5 Å². The number of fused-ring (bicyclic) bond motifs is 3. The number of nitrogens with zero attached hydrogens (tertiary/aromatic N) is 1. The van der Waals surface area contributed by atoms with Crippen LogP contribution in [0.4, 0.5) is 9.18 Å². The molecule has 1 amide bonds. The molecule has 2 heterocycles. The molecule has 2 atom stereocenters. The molecule has 26 heavy (non-hydrogen) atoms. The largest absolute Gasteiger partial charge is 0.444 e. The van der Waals surface area contributed by atoms with Crippen LogP contribution in [0.1, 0.15) is 45.6 Å². The molecule has 1 saturated heterocycles. The predicted molar refractivity (Wildman–Crippen MR) is 101 cm³/mol. The van der Waals surface area contributed by atoms with Crippen LogP contribution in [0.3, 0.4) is 0 Å². The van der Waals surface area contributed by atoms with E-state index < -0.39 is 5.60 Å². The normalized spacial score (nSPS) is 22.5. The number of hydrogen-bond donors (Lipinski definition) is 0. The van der Waals surface area contributed by atoms with Crippen molar-refractivity contribution in [2.75, 3.05) is 0 Å². The highest BCUT2D eigenvalue weighted by Gasteiger charge is 2.41. The van der Waals surface area contributed by atoms with Crippen molar-refractivity contribution in [2.24, 2.45) is 0 Å². The molecule has 0 radical (unpaired) electrons. The topological polar surface area (TPSA) is 29.5 Å². The molecule has 2 aromatic carbocycles. The molecule has 1 fully saturated rings. The Hall–Kier alpha value is -2.36. The summed E-state index contributed by atoms with van der Waals surface area (Å²) in [5, 5.41) is 1.58. The fourth-order valence-corrected chi connectivity index (χ4v) is 4.17. The quantitative estimate of drug-likeness (QED) is 0.674. The summed E-state index contributed by atoms with van der Waals surface area (Å²) in [6.07, 6.45) is 4.65. The van der Waals surface area contributed by atoms with Gasteiger partial charge in [0.2, 0.25) is 0 Å². The van der Waals surface area contributed by atoms with Gasteiger partial charge in [-0.3, -0.25) is 4.90 Å². The lowest BCUT2D eigenvalue weighted by Crippen LogP contribution is -2.45. The van der Waals surface area contributed by atoms with E-state index >= 15 is 0 Å². The van der Waals surface area contributed by atoms with Gasteiger partial charge in [0.15, 0.2) is 0 Å². The van der Waals surface area contributed by atoms with Crippen molar-refractivity contribution in [1.82, 2.24) is 4.90 Å². The van der Waals surface area contributed by atoms with E-state index in [0.717, 1.165) is 30.2 Å². The molecule has 136 valence electrons. The molecule has 3 nitrogen and oxygen atoms in total. The van der Waals surface area contributed by atoms with Crippen molar-refractivity contribution in [1.29, 1.82) is 0 Å². The Balaban J connectivity index is 1.69. The standard InChI is InChI=1S/C22H24FNO2/c1-22(2,3)26-21(25)24-15-8-9-16(24)13-14(12-15)17-10-11-20(23)19-7-5-4-6-18(17)19/h4-7,10-12,15-16H,8-9,13H2,1-3H3. The summed E-state index contributed by atoms with van der Waals surface area (Å²) in [5.74, 6) is -0.195. The first-order valence-electron chi connectivity index (χ1n) is 9.23. The first-order valence-corrected chi connectivity index (χ1v) is 9.23. The van der Waals surface area contributed by atoms with E-state index in [1.807, 2.05) is 56.0 Å². The van der Waals surface area contributed by atoms with Gasteiger partial charge in [-0.25, -0.2) is 9.18 Å². The summed E-state index contributed by atoms with van der Waals surface area (Å²) in [4.78, 5) is 14.5. The van der Waals surface area contributed by atoms with Crippen LogP contribution in [0.5, 0.6) is 0 Å². The molecule has 0 aliphatic carbocycles. The average Bonchev–Trinajstić information content (AvgIpc) is 2.85. The summed E-state index contributed by atoms with van der Waals surface area (Å²) in [6.45, 7) is 5.67. The zero-order valence-electron chi connectivity index (χ0n) is 15.5. The lowest BCUT2D eigenvalue weighted by molar-refractivity contribution is 0.0175. The van der Waals surface area contributed by atoms with Gasteiger partial charge in [0.1, 0.15) is 11.4 Å². The minimum absolute atomic E-state index is 0.0578. The molecule has 0 saturated carbocycles. The van der Waals surface area contributed by atoms with Crippen LogP contribution in [0, 0.1) is 5.82 Å². The first kappa shape index (κ1) is 17.1. The van der Waals surface area contributed by atoms with Gasteiger partial charge in [-0.1, -0.05) is 36.4 Å². The van der Waals surface area contributed by atoms with E-state index in [9.17, 15) is 9.18 Å². The van der Waals surface area contributed by atoms with Crippen molar-refractivity contribution >= 4 is 22.4 Å². The number of halogens is 1. The Bertz CT molecular complexity index is 897. The van der Waals surface area contributed by atoms with Crippen LogP contribution in [-0.4, -0.2) is 28.7 Å². The molecule has 2 aliphatic heterocycles. The molecule has 2 aliphatic rings. The highest BCUT2D eigenvalue weighted by Crippen LogP contribution is 2.41. The Morgan fingerprint density at radius 3 is 2.54 bits per heavy atom. The number of carbonyl (C=O) groups excluding carboxylic acids is 1. The van der Waals surface area contributed by atoms with Crippen LogP contribution < -0.4 is 0 Å². The van der Waals surface area contributed by atoms with Crippen molar-refractivity contribution in [3.05, 3.63) is 53.9 Å². The summed E-state index contributed by atoms with van der Waals surface area (Å²) < 4.78 is 19.7. The fourth-order valence-electron chi connectivity index (χ4n) is 4.17. The van der Waals surface area contributed by atoms with E-state index in [0.29, 0.717) is 5.39 Å². The van der Waals surface area contributed by atoms with E-state index in [1.54, 1.807) is 6.07 Å². The SMILES string of the molecule is CC(C)(C)OC(=O)N1C2C=C(c3ccc(F)c4ccccc34)CC1CC2. The van der Waals surface area contributed by atoms with E-state index in [1.165, 1.54) is 5.57 Å². The number of rotatable bonds is 1. The molecule has 4 heteroatoms. The second kappa shape index (κ2) is 6.11. The third kappa shape index (κ3) is 2.98. The lowest BCUT2D eigenvalue weighted by atomic mass is 9.91. The van der Waals surface area contributed by atoms with Crippen molar-refractivity contribution < 1.29 is 13.9 Å². The van der Waals surface area contributed by atoms with E-state index in [-0.39, 0.29) is 24.0 Å². The van der Waals surface area contributed by atoms with Gasteiger partial charge < -0.3 is 4.74 Å². The van der Waals surface area contributed by atoms with Gasteiger partial charge in [0, 0.05) is 11.4 Å². The zero-order chi connectivity index (χ0) is 18.5. The average molecular weight is 353 g/mol. The predicted octanol–water partition coefficient (Wildman–Crippen LogP) is 5.53. The van der Waals surface area contributed by atoms with Crippen molar-refractivity contribution in [3.63, 3.8) is 0 Å². The second-order valence-corrected chi connectivity index (χ2v) is 8.22. The molecule has 4 rings (SSSR count). The molecule has 0 spiro atoms. The van der Waals surface area contributed by atoms with Crippen molar-refractivity contribution in [3.8, 4) is 0 Å². The molecule has 0 aromatic heterocycles. The van der Waals surface area contributed by atoms with Gasteiger partial charge >= 0.3 is 6.09 Å². The zero-order valence-corrected chi connectivity index (χ0v) is 15.5. The van der Waals surface area contributed by atoms with Gasteiger partial charge in [-0.05, 0) is 62.6 Å². The van der Waals surface area contributed by atoms with Crippen LogP contribution in [-0.2, 0) is 4.74 Å². The highest BCUT2D eigenvalue weighted by atomic mass is 19.1. The molecular formula is C22H24FNO2. The number of hydrogen-bond acceptors (Lipinski definition) is 2. The maximum absolute atomic E-state index is 14.1. The monoisotopic (exact) mass is 353 g/mol. The van der Waals surface area contributed by atoms with Crippen LogP contribution in [0.2, 0.25) is 0 Å². The Morgan fingerprint density at radius 2 is 1.85 bits per heavy atom. The number of carbonyl (C=O) groups is 1. The number of benzene rings is 2. The summed E-state index contributed by atoms with van der Waals surface area (Å²) in [7, 11) is 0. The van der Waals surface area contributed by atoms with Crippen molar-refractivity contribution in [2.45, 2.75) is 57.7 Å². The van der Waals surface area contributed by atoms with Gasteiger partial charge in [0.05, 0.1) is 6.04 Å². The molecule has 2 bridgehead atoms. The maximum atomic E-state index is 14.1. The highest BCUT2D eigenvalue weighted by molar-refractivity contribution is 5.95. The molecular weight excluding hydrogens is 329 g/mol. The van der Waals surface area contributed by atoms with Gasteiger partial charge in [-0.2, -0.15) is 0 Å². The summed E-state index contributed by atoms with van der Waals surface area (Å²) >= 11 is 0. The third-order valence-electron chi connectivity index (χ3n) is 5.22. The number of ether oxygens (including phenoxy) is 1. The molecule has 2 aromatic rings. The number of amides is 1. The smallest absolute Gasteiger partial charge is 0.411 e. The van der Waals surface area contributed by atoms with Gasteiger partial charge in [-0.15, -0.1) is 0 Å². The summed E-state index contributed by atoms with van der Waals surface area (Å²) in [6, 6.07) is 11.2. The Kier molecular flexibility index (Phi) is 4.02. The Labute approximate surface area is 153 Å². The third-order valence-corrected chi connectivity index (χ3v) is 5.22. The first-order chi connectivity index (χ1) is 12.3. The van der Waals surface area contributed by atoms with Crippen LogP contribution in [0.25, 0.3) is 16.3 Å². The van der Waals surface area contributed by atoms with Crippen LogP contribution >= 0.6 is 0 Å². The van der Waals surface area contributed by atoms with E-state index in [4.69, 9.17) is 4.74 Å². The summed E-state index contributed by atoms with van der Waals surface area (Å²) in [5.41, 5.74) is 1.78. The lowest BCUT2D eigenvalue weighted by Gasteiger charge is -2.35. The molecule has 2 unspecified atom stereocenters. The second-order valence-electron chi connectivity index (χ2n) is 8.22. The minimum atomic E-state index is -0.492. The maximum Gasteiger partial charge on any atom is 0.411 e. The Morgan fingerprint density at radius 1 is 1.12 bits per heavy atom. The fraction of sp³-hybridized carbons (Fsp3) is 0.409. The minimum Gasteiger partial charge on any atom is -0.444 e. The van der Waals surface area contributed by atoms with E-state index in [2.05, 4.69) is 6.08 Å².